The van der Waals surface area contributed by atoms with Crippen LogP contribution in [0.25, 0.3) is 0 Å². The SMILES string of the molecule is COc1cc(CN2CCC(CSC)CC2)ccc1OC(C)C(=O)O. The number of methoxy groups -OCH3 is 1. The number of rotatable bonds is 8. The molecule has 24 heavy (non-hydrogen) atoms. The molecule has 1 aromatic rings. The lowest BCUT2D eigenvalue weighted by atomic mass is 9.98. The Kier molecular flexibility index (Phi) is 7.24. The monoisotopic (exact) mass is 353 g/mol. The first-order valence-corrected chi connectivity index (χ1v) is 9.70. The first-order valence-electron chi connectivity index (χ1n) is 8.31. The van der Waals surface area contributed by atoms with E-state index in [4.69, 9.17) is 14.6 Å². The predicted molar refractivity (Wildman–Crippen MR) is 97.1 cm³/mol. The molecule has 1 aliphatic rings. The topological polar surface area (TPSA) is 59.0 Å². The number of hydrogen-bond acceptors (Lipinski definition) is 5. The van der Waals surface area contributed by atoms with Gasteiger partial charge in [0.25, 0.3) is 0 Å². The summed E-state index contributed by atoms with van der Waals surface area (Å²) in [4.78, 5) is 13.4. The maximum absolute atomic E-state index is 10.9. The minimum atomic E-state index is -0.991. The van der Waals surface area contributed by atoms with Gasteiger partial charge in [0.1, 0.15) is 0 Å². The van der Waals surface area contributed by atoms with Crippen LogP contribution in [-0.4, -0.2) is 54.3 Å². The highest BCUT2D eigenvalue weighted by atomic mass is 32.2. The molecule has 0 aromatic heterocycles. The molecule has 0 saturated carbocycles. The zero-order chi connectivity index (χ0) is 17.5. The predicted octanol–water partition coefficient (Wildman–Crippen LogP) is 3.12. The lowest BCUT2D eigenvalue weighted by Crippen LogP contribution is -2.33. The lowest BCUT2D eigenvalue weighted by Gasteiger charge is -2.31. The van der Waals surface area contributed by atoms with Crippen molar-refractivity contribution in [1.82, 2.24) is 4.90 Å². The third kappa shape index (κ3) is 5.31. The molecular weight excluding hydrogens is 326 g/mol. The van der Waals surface area contributed by atoms with E-state index in [0.29, 0.717) is 11.5 Å². The minimum absolute atomic E-state index is 0.467. The molecule has 1 atom stereocenters. The van der Waals surface area contributed by atoms with Crippen LogP contribution in [0.4, 0.5) is 0 Å². The smallest absolute Gasteiger partial charge is 0.344 e. The van der Waals surface area contributed by atoms with Crippen molar-refractivity contribution >= 4 is 17.7 Å². The quantitative estimate of drug-likeness (QED) is 0.775. The van der Waals surface area contributed by atoms with E-state index < -0.39 is 12.1 Å². The van der Waals surface area contributed by atoms with E-state index in [0.717, 1.165) is 31.1 Å². The van der Waals surface area contributed by atoms with Crippen molar-refractivity contribution in [3.8, 4) is 11.5 Å². The average molecular weight is 353 g/mol. The highest BCUT2D eigenvalue weighted by molar-refractivity contribution is 7.98. The fourth-order valence-electron chi connectivity index (χ4n) is 2.95. The van der Waals surface area contributed by atoms with E-state index >= 15 is 0 Å². The van der Waals surface area contributed by atoms with Gasteiger partial charge < -0.3 is 14.6 Å². The number of benzene rings is 1. The minimum Gasteiger partial charge on any atom is -0.493 e. The van der Waals surface area contributed by atoms with Crippen LogP contribution in [0.2, 0.25) is 0 Å². The second kappa shape index (κ2) is 9.18. The van der Waals surface area contributed by atoms with Gasteiger partial charge in [0.2, 0.25) is 0 Å². The molecule has 1 saturated heterocycles. The summed E-state index contributed by atoms with van der Waals surface area (Å²) in [6.45, 7) is 4.65. The van der Waals surface area contributed by atoms with E-state index in [2.05, 4.69) is 11.2 Å². The molecule has 6 heteroatoms. The largest absolute Gasteiger partial charge is 0.493 e. The number of hydrogen-bond donors (Lipinski definition) is 1. The fraction of sp³-hybridized carbons (Fsp3) is 0.611. The number of carboxylic acids is 1. The van der Waals surface area contributed by atoms with E-state index in [1.54, 1.807) is 13.2 Å². The van der Waals surface area contributed by atoms with Gasteiger partial charge in [0, 0.05) is 6.54 Å². The standard InChI is InChI=1S/C18H27NO4S/c1-13(18(20)21)23-16-5-4-15(10-17(16)22-2)11-19-8-6-14(7-9-19)12-24-3/h4-5,10,13-14H,6-9,11-12H2,1-3H3,(H,20,21). The van der Waals surface area contributed by atoms with Crippen molar-refractivity contribution in [3.05, 3.63) is 23.8 Å². The number of nitrogens with zero attached hydrogens (tertiary/aromatic N) is 1. The Balaban J connectivity index is 1.96. The second-order valence-electron chi connectivity index (χ2n) is 6.26. The first-order chi connectivity index (χ1) is 11.5. The average Bonchev–Trinajstić information content (AvgIpc) is 2.58. The number of likely N-dealkylation sites (tertiary alicyclic amines) is 1. The Morgan fingerprint density at radius 3 is 2.67 bits per heavy atom. The number of piperidine rings is 1. The van der Waals surface area contributed by atoms with Crippen molar-refractivity contribution in [2.75, 3.05) is 32.2 Å². The van der Waals surface area contributed by atoms with Gasteiger partial charge in [0.05, 0.1) is 7.11 Å². The van der Waals surface area contributed by atoms with Gasteiger partial charge in [-0.05, 0) is 68.5 Å². The molecule has 1 N–H and O–H groups in total. The summed E-state index contributed by atoms with van der Waals surface area (Å²) in [5.41, 5.74) is 1.16. The molecule has 0 spiro atoms. The van der Waals surface area contributed by atoms with Crippen LogP contribution in [0.1, 0.15) is 25.3 Å². The normalized spacial score (nSPS) is 17.5. The molecule has 2 rings (SSSR count). The first kappa shape index (κ1) is 18.9. The van der Waals surface area contributed by atoms with Crippen LogP contribution in [0.15, 0.2) is 18.2 Å². The summed E-state index contributed by atoms with van der Waals surface area (Å²) in [6, 6.07) is 5.73. The van der Waals surface area contributed by atoms with E-state index in [1.165, 1.54) is 25.5 Å². The molecule has 0 amide bonds. The van der Waals surface area contributed by atoms with Crippen molar-refractivity contribution in [2.24, 2.45) is 5.92 Å². The third-order valence-electron chi connectivity index (χ3n) is 4.40. The van der Waals surface area contributed by atoms with Gasteiger partial charge in [0.15, 0.2) is 17.6 Å². The Labute approximate surface area is 148 Å². The molecule has 0 radical (unpaired) electrons. The number of carboxylic acid groups (broad SMARTS) is 1. The van der Waals surface area contributed by atoms with E-state index in [9.17, 15) is 4.79 Å². The highest BCUT2D eigenvalue weighted by Gasteiger charge is 2.20. The van der Waals surface area contributed by atoms with Crippen molar-refractivity contribution in [2.45, 2.75) is 32.4 Å². The molecule has 1 fully saturated rings. The molecule has 1 unspecified atom stereocenters. The van der Waals surface area contributed by atoms with Crippen LogP contribution in [0, 0.1) is 5.92 Å². The van der Waals surface area contributed by atoms with Crippen LogP contribution < -0.4 is 9.47 Å². The Morgan fingerprint density at radius 1 is 1.38 bits per heavy atom. The van der Waals surface area contributed by atoms with Gasteiger partial charge in [-0.15, -0.1) is 0 Å². The van der Waals surface area contributed by atoms with Crippen molar-refractivity contribution in [1.29, 1.82) is 0 Å². The van der Waals surface area contributed by atoms with Gasteiger partial charge in [-0.3, -0.25) is 4.90 Å². The van der Waals surface area contributed by atoms with E-state index in [1.807, 2.05) is 23.9 Å². The Bertz CT molecular complexity index is 544. The maximum atomic E-state index is 10.9. The summed E-state index contributed by atoms with van der Waals surface area (Å²) >= 11 is 1.94. The summed E-state index contributed by atoms with van der Waals surface area (Å²) in [5, 5.41) is 8.96. The van der Waals surface area contributed by atoms with Crippen LogP contribution in [0.3, 0.4) is 0 Å². The lowest BCUT2D eigenvalue weighted by molar-refractivity contribution is -0.144. The van der Waals surface area contributed by atoms with Crippen molar-refractivity contribution in [3.63, 3.8) is 0 Å². The van der Waals surface area contributed by atoms with Gasteiger partial charge >= 0.3 is 5.97 Å². The molecule has 5 nitrogen and oxygen atoms in total. The zero-order valence-corrected chi connectivity index (χ0v) is 15.5. The summed E-state index contributed by atoms with van der Waals surface area (Å²) in [6.07, 6.45) is 3.79. The zero-order valence-electron chi connectivity index (χ0n) is 14.7. The molecule has 1 heterocycles. The highest BCUT2D eigenvalue weighted by Crippen LogP contribution is 2.30. The molecule has 134 valence electrons. The van der Waals surface area contributed by atoms with E-state index in [-0.39, 0.29) is 0 Å². The van der Waals surface area contributed by atoms with Gasteiger partial charge in [-0.1, -0.05) is 6.07 Å². The number of carbonyl (C=O) groups is 1. The third-order valence-corrected chi connectivity index (χ3v) is 5.20. The number of thioether (sulfide) groups is 1. The van der Waals surface area contributed by atoms with Gasteiger partial charge in [-0.25, -0.2) is 4.79 Å². The van der Waals surface area contributed by atoms with Crippen LogP contribution >= 0.6 is 11.8 Å². The summed E-state index contributed by atoms with van der Waals surface area (Å²) < 4.78 is 10.8. The number of aliphatic carboxylic acids is 1. The molecule has 0 aliphatic carbocycles. The molecule has 0 bridgehead atoms. The molecule has 1 aliphatic heterocycles. The van der Waals surface area contributed by atoms with Crippen LogP contribution in [0.5, 0.6) is 11.5 Å². The Hall–Kier alpha value is -1.40. The van der Waals surface area contributed by atoms with Crippen molar-refractivity contribution < 1.29 is 19.4 Å². The molecular formula is C18H27NO4S. The van der Waals surface area contributed by atoms with Gasteiger partial charge in [-0.2, -0.15) is 11.8 Å². The fourth-order valence-corrected chi connectivity index (χ4v) is 3.76. The Morgan fingerprint density at radius 2 is 2.08 bits per heavy atom. The molecule has 1 aromatic carbocycles. The van der Waals surface area contributed by atoms with Crippen LogP contribution in [-0.2, 0) is 11.3 Å². The summed E-state index contributed by atoms with van der Waals surface area (Å²) in [7, 11) is 1.57. The maximum Gasteiger partial charge on any atom is 0.344 e. The second-order valence-corrected chi connectivity index (χ2v) is 7.17. The summed E-state index contributed by atoms with van der Waals surface area (Å²) in [5.74, 6) is 2.16. The number of ether oxygens (including phenoxy) is 2.